The SMILES string of the molecule is C=C(N=O)c1c(C)cccc1-c1ccc([C@H](C)S)c(F)c1. The van der Waals surface area contributed by atoms with Gasteiger partial charge in [0.05, 0.1) is 0 Å². The van der Waals surface area contributed by atoms with Crippen molar-refractivity contribution < 1.29 is 4.39 Å². The van der Waals surface area contributed by atoms with Gasteiger partial charge in [0.25, 0.3) is 0 Å². The van der Waals surface area contributed by atoms with Gasteiger partial charge < -0.3 is 0 Å². The molecule has 0 amide bonds. The topological polar surface area (TPSA) is 29.4 Å². The summed E-state index contributed by atoms with van der Waals surface area (Å²) in [6.45, 7) is 7.36. The monoisotopic (exact) mass is 301 g/mol. The molecule has 0 aromatic heterocycles. The molecular formula is C17H16FNOS. The molecule has 108 valence electrons. The Morgan fingerprint density at radius 2 is 2.05 bits per heavy atom. The molecule has 2 aromatic rings. The van der Waals surface area contributed by atoms with Crippen LogP contribution in [0.1, 0.15) is 28.9 Å². The molecule has 0 fully saturated rings. The van der Waals surface area contributed by atoms with Crippen molar-refractivity contribution in [3.8, 4) is 11.1 Å². The van der Waals surface area contributed by atoms with Crippen molar-refractivity contribution in [2.45, 2.75) is 19.1 Å². The van der Waals surface area contributed by atoms with Gasteiger partial charge in [-0.2, -0.15) is 12.6 Å². The molecule has 21 heavy (non-hydrogen) atoms. The molecule has 1 atom stereocenters. The number of nitroso groups, excluding NO2 is 1. The van der Waals surface area contributed by atoms with E-state index in [1.54, 1.807) is 6.07 Å². The molecule has 0 saturated heterocycles. The fraction of sp³-hybridized carbons (Fsp3) is 0.176. The Kier molecular flexibility index (Phi) is 4.58. The van der Waals surface area contributed by atoms with Crippen molar-refractivity contribution in [3.63, 3.8) is 0 Å². The van der Waals surface area contributed by atoms with Crippen molar-refractivity contribution in [2.24, 2.45) is 5.18 Å². The largest absolute Gasteiger partial charge is 0.207 e. The van der Waals surface area contributed by atoms with Gasteiger partial charge in [0.1, 0.15) is 11.5 Å². The highest BCUT2D eigenvalue weighted by molar-refractivity contribution is 7.80. The van der Waals surface area contributed by atoms with Gasteiger partial charge in [-0.1, -0.05) is 36.9 Å². The van der Waals surface area contributed by atoms with Crippen LogP contribution in [0.2, 0.25) is 0 Å². The first-order chi connectivity index (χ1) is 9.95. The summed E-state index contributed by atoms with van der Waals surface area (Å²) in [6, 6.07) is 10.6. The van der Waals surface area contributed by atoms with Gasteiger partial charge in [-0.3, -0.25) is 0 Å². The first-order valence-electron chi connectivity index (χ1n) is 6.55. The predicted octanol–water partition coefficient (Wildman–Crippen LogP) is 5.53. The standard InChI is InChI=1S/C17H16FNOS/c1-10-5-4-6-15(17(10)11(2)19-20)13-7-8-14(12(3)21)16(18)9-13/h4-9,12,21H,2H2,1,3H3/t12-/m0/s1. The van der Waals surface area contributed by atoms with Gasteiger partial charge in [-0.25, -0.2) is 4.39 Å². The van der Waals surface area contributed by atoms with Crippen molar-refractivity contribution in [1.82, 2.24) is 0 Å². The van der Waals surface area contributed by atoms with Crippen LogP contribution >= 0.6 is 12.6 Å². The van der Waals surface area contributed by atoms with E-state index in [4.69, 9.17) is 0 Å². The van der Waals surface area contributed by atoms with Crippen LogP contribution in [0.5, 0.6) is 0 Å². The van der Waals surface area contributed by atoms with E-state index >= 15 is 0 Å². The molecule has 0 radical (unpaired) electrons. The third kappa shape index (κ3) is 3.05. The number of aryl methyl sites for hydroxylation is 1. The fourth-order valence-corrected chi connectivity index (χ4v) is 2.58. The molecule has 2 nitrogen and oxygen atoms in total. The molecule has 0 saturated carbocycles. The van der Waals surface area contributed by atoms with E-state index < -0.39 is 0 Å². The maximum Gasteiger partial charge on any atom is 0.128 e. The first-order valence-corrected chi connectivity index (χ1v) is 7.07. The average Bonchev–Trinajstić information content (AvgIpc) is 2.45. The molecule has 2 rings (SSSR count). The Bertz CT molecular complexity index is 710. The zero-order valence-corrected chi connectivity index (χ0v) is 12.8. The quantitative estimate of drug-likeness (QED) is 0.584. The van der Waals surface area contributed by atoms with E-state index in [-0.39, 0.29) is 16.8 Å². The second kappa shape index (κ2) is 6.22. The predicted molar refractivity (Wildman–Crippen MR) is 88.8 cm³/mol. The lowest BCUT2D eigenvalue weighted by Gasteiger charge is -2.13. The van der Waals surface area contributed by atoms with Crippen molar-refractivity contribution in [3.05, 3.63) is 70.4 Å². The van der Waals surface area contributed by atoms with Crippen LogP contribution < -0.4 is 0 Å². The fourth-order valence-electron chi connectivity index (χ4n) is 2.37. The maximum absolute atomic E-state index is 14.1. The lowest BCUT2D eigenvalue weighted by Crippen LogP contribution is -1.95. The molecular weight excluding hydrogens is 285 g/mol. The van der Waals surface area contributed by atoms with E-state index in [1.807, 2.05) is 38.1 Å². The number of thiol groups is 1. The Balaban J connectivity index is 2.62. The molecule has 0 heterocycles. The highest BCUT2D eigenvalue weighted by Gasteiger charge is 2.14. The third-order valence-corrected chi connectivity index (χ3v) is 3.71. The Morgan fingerprint density at radius 3 is 2.62 bits per heavy atom. The Hall–Kier alpha value is -1.94. The number of nitrogens with zero attached hydrogens (tertiary/aromatic N) is 1. The summed E-state index contributed by atoms with van der Waals surface area (Å²) in [4.78, 5) is 10.8. The van der Waals surface area contributed by atoms with Crippen LogP contribution in [0.4, 0.5) is 4.39 Å². The summed E-state index contributed by atoms with van der Waals surface area (Å²) in [7, 11) is 0. The highest BCUT2D eigenvalue weighted by Crippen LogP contribution is 2.33. The lowest BCUT2D eigenvalue weighted by atomic mass is 9.93. The van der Waals surface area contributed by atoms with Gasteiger partial charge in [-0.05, 0) is 41.8 Å². The third-order valence-electron chi connectivity index (χ3n) is 3.43. The minimum atomic E-state index is -0.313. The molecule has 0 unspecified atom stereocenters. The Labute approximate surface area is 129 Å². The van der Waals surface area contributed by atoms with Crippen molar-refractivity contribution >= 4 is 18.3 Å². The van der Waals surface area contributed by atoms with Gasteiger partial charge in [0.15, 0.2) is 0 Å². The van der Waals surface area contributed by atoms with E-state index in [0.717, 1.165) is 11.1 Å². The second-order valence-electron chi connectivity index (χ2n) is 4.95. The van der Waals surface area contributed by atoms with E-state index in [2.05, 4.69) is 24.4 Å². The molecule has 0 N–H and O–H groups in total. The first kappa shape index (κ1) is 15.4. The van der Waals surface area contributed by atoms with E-state index in [9.17, 15) is 9.30 Å². The summed E-state index contributed by atoms with van der Waals surface area (Å²) in [6.07, 6.45) is 0. The average molecular weight is 301 g/mol. The highest BCUT2D eigenvalue weighted by atomic mass is 32.1. The number of hydrogen-bond donors (Lipinski definition) is 1. The summed E-state index contributed by atoms with van der Waals surface area (Å²) in [5.74, 6) is -0.313. The zero-order chi connectivity index (χ0) is 15.6. The second-order valence-corrected chi connectivity index (χ2v) is 5.72. The molecule has 0 aliphatic heterocycles. The molecule has 0 bridgehead atoms. The normalized spacial score (nSPS) is 12.0. The molecule has 0 spiro atoms. The van der Waals surface area contributed by atoms with Crippen LogP contribution in [-0.2, 0) is 0 Å². The summed E-state index contributed by atoms with van der Waals surface area (Å²) in [5, 5.41) is 2.75. The summed E-state index contributed by atoms with van der Waals surface area (Å²) < 4.78 is 14.1. The lowest BCUT2D eigenvalue weighted by molar-refractivity contribution is 0.612. The van der Waals surface area contributed by atoms with Gasteiger partial charge in [-0.15, -0.1) is 4.91 Å². The van der Waals surface area contributed by atoms with Crippen molar-refractivity contribution in [2.75, 3.05) is 0 Å². The van der Waals surface area contributed by atoms with E-state index in [0.29, 0.717) is 16.7 Å². The number of hydrogen-bond acceptors (Lipinski definition) is 3. The summed E-state index contributed by atoms with van der Waals surface area (Å²) >= 11 is 4.25. The van der Waals surface area contributed by atoms with Crippen LogP contribution in [0.25, 0.3) is 16.8 Å². The maximum atomic E-state index is 14.1. The van der Waals surface area contributed by atoms with Crippen LogP contribution in [0.3, 0.4) is 0 Å². The van der Waals surface area contributed by atoms with Crippen LogP contribution in [-0.4, -0.2) is 0 Å². The van der Waals surface area contributed by atoms with Gasteiger partial charge >= 0.3 is 0 Å². The molecule has 4 heteroatoms. The molecule has 2 aromatic carbocycles. The minimum absolute atomic E-state index is 0.148. The number of halogens is 1. The zero-order valence-electron chi connectivity index (χ0n) is 11.9. The summed E-state index contributed by atoms with van der Waals surface area (Å²) in [5.41, 5.74) is 3.66. The minimum Gasteiger partial charge on any atom is -0.207 e. The van der Waals surface area contributed by atoms with Crippen LogP contribution in [0.15, 0.2) is 48.2 Å². The molecule has 0 aliphatic rings. The van der Waals surface area contributed by atoms with E-state index in [1.165, 1.54) is 6.07 Å². The number of rotatable bonds is 4. The Morgan fingerprint density at radius 1 is 1.33 bits per heavy atom. The number of benzene rings is 2. The smallest absolute Gasteiger partial charge is 0.128 e. The van der Waals surface area contributed by atoms with Gasteiger partial charge in [0, 0.05) is 16.4 Å². The van der Waals surface area contributed by atoms with Gasteiger partial charge in [0.2, 0.25) is 0 Å². The van der Waals surface area contributed by atoms with Crippen LogP contribution in [0, 0.1) is 17.6 Å². The molecule has 0 aliphatic carbocycles. The van der Waals surface area contributed by atoms with Crippen molar-refractivity contribution in [1.29, 1.82) is 0 Å².